The summed E-state index contributed by atoms with van der Waals surface area (Å²) in [6.07, 6.45) is 0.154. The van der Waals surface area contributed by atoms with E-state index in [9.17, 15) is 4.79 Å². The molecule has 0 aromatic heterocycles. The van der Waals surface area contributed by atoms with Crippen LogP contribution in [0.1, 0.15) is 13.3 Å². The lowest BCUT2D eigenvalue weighted by molar-refractivity contribution is 0.0467. The number of hydrogen-bond acceptors (Lipinski definition) is 3. The molecule has 1 amide bonds. The number of nitrogens with one attached hydrogen (secondary N) is 1. The van der Waals surface area contributed by atoms with Gasteiger partial charge in [-0.2, -0.15) is 0 Å². The fourth-order valence-corrected chi connectivity index (χ4v) is 1.12. The summed E-state index contributed by atoms with van der Waals surface area (Å²) in [5.41, 5.74) is 4.50. The Hall–Kier alpha value is -0.480. The lowest BCUT2D eigenvalue weighted by Crippen LogP contribution is -2.35. The van der Waals surface area contributed by atoms with Gasteiger partial charge in [0, 0.05) is 13.0 Å². The van der Waals surface area contributed by atoms with E-state index >= 15 is 0 Å². The Kier molecular flexibility index (Phi) is 3.62. The third-order valence-corrected chi connectivity index (χ3v) is 1.68. The third-order valence-electron chi connectivity index (χ3n) is 1.68. The van der Waals surface area contributed by atoms with E-state index in [1.807, 2.05) is 6.92 Å². The van der Waals surface area contributed by atoms with Crippen LogP contribution < -0.4 is 11.1 Å². The maximum atomic E-state index is 10.3. The van der Waals surface area contributed by atoms with Crippen LogP contribution in [0.15, 0.2) is 0 Å². The van der Waals surface area contributed by atoms with Gasteiger partial charge < -0.3 is 15.8 Å². The van der Waals surface area contributed by atoms with Gasteiger partial charge in [-0.1, -0.05) is 0 Å². The Morgan fingerprint density at radius 3 is 2.73 bits per heavy atom. The summed E-state index contributed by atoms with van der Waals surface area (Å²) >= 11 is 0. The number of primary amides is 1. The van der Waals surface area contributed by atoms with Crippen molar-refractivity contribution < 1.29 is 9.53 Å². The number of halogens is 1. The first-order valence-corrected chi connectivity index (χ1v) is 3.32. The summed E-state index contributed by atoms with van der Waals surface area (Å²) in [6, 6.07) is 0. The zero-order valence-electron chi connectivity index (χ0n) is 6.42. The van der Waals surface area contributed by atoms with Gasteiger partial charge in [-0.15, -0.1) is 12.4 Å². The predicted molar refractivity (Wildman–Crippen MR) is 43.8 cm³/mol. The van der Waals surface area contributed by atoms with Crippen molar-refractivity contribution in [3.8, 4) is 0 Å². The molecule has 11 heavy (non-hydrogen) atoms. The molecule has 0 bridgehead atoms. The molecule has 1 fully saturated rings. The largest absolute Gasteiger partial charge is 0.442 e. The van der Waals surface area contributed by atoms with Crippen LogP contribution in [0.2, 0.25) is 0 Å². The SMILES string of the molecule is CC1(OC(N)=O)CCNC1.Cl. The average molecular weight is 181 g/mol. The minimum Gasteiger partial charge on any atom is -0.442 e. The monoisotopic (exact) mass is 180 g/mol. The lowest BCUT2D eigenvalue weighted by Gasteiger charge is -2.21. The van der Waals surface area contributed by atoms with Crippen LogP contribution in [0, 0.1) is 0 Å². The Morgan fingerprint density at radius 2 is 2.36 bits per heavy atom. The normalized spacial score (nSPS) is 29.2. The molecule has 0 aromatic rings. The molecule has 3 N–H and O–H groups in total. The third kappa shape index (κ3) is 2.95. The molecule has 1 heterocycles. The number of hydrogen-bond donors (Lipinski definition) is 2. The van der Waals surface area contributed by atoms with Crippen molar-refractivity contribution >= 4 is 18.5 Å². The van der Waals surface area contributed by atoms with Gasteiger partial charge in [0.1, 0.15) is 5.60 Å². The quantitative estimate of drug-likeness (QED) is 0.608. The van der Waals surface area contributed by atoms with Gasteiger partial charge in [0.05, 0.1) is 0 Å². The zero-order chi connectivity index (χ0) is 7.61. The molecule has 0 saturated carbocycles. The highest BCUT2D eigenvalue weighted by Crippen LogP contribution is 2.17. The van der Waals surface area contributed by atoms with Crippen molar-refractivity contribution in [2.75, 3.05) is 13.1 Å². The summed E-state index contributed by atoms with van der Waals surface area (Å²) in [5.74, 6) is 0. The minimum atomic E-state index is -0.689. The second-order valence-electron chi connectivity index (χ2n) is 2.80. The lowest BCUT2D eigenvalue weighted by atomic mass is 10.1. The molecule has 66 valence electrons. The smallest absolute Gasteiger partial charge is 0.405 e. The fourth-order valence-electron chi connectivity index (χ4n) is 1.12. The van der Waals surface area contributed by atoms with Crippen molar-refractivity contribution in [1.82, 2.24) is 5.32 Å². The molecule has 1 saturated heterocycles. The number of ether oxygens (including phenoxy) is 1. The van der Waals surface area contributed by atoms with E-state index < -0.39 is 6.09 Å². The molecule has 0 aromatic carbocycles. The molecule has 4 nitrogen and oxygen atoms in total. The summed E-state index contributed by atoms with van der Waals surface area (Å²) in [5, 5.41) is 3.09. The second kappa shape index (κ2) is 3.78. The number of carbonyl (C=O) groups is 1. The van der Waals surface area contributed by atoms with Crippen molar-refractivity contribution in [2.24, 2.45) is 5.73 Å². The first kappa shape index (κ1) is 10.5. The second-order valence-corrected chi connectivity index (χ2v) is 2.80. The molecule has 0 radical (unpaired) electrons. The Balaban J connectivity index is 0.000001000. The Bertz CT molecular complexity index is 146. The molecule has 1 unspecified atom stereocenters. The van der Waals surface area contributed by atoms with Crippen LogP contribution >= 0.6 is 12.4 Å². The molecule has 0 aliphatic carbocycles. The van der Waals surface area contributed by atoms with E-state index in [0.29, 0.717) is 6.54 Å². The van der Waals surface area contributed by atoms with Gasteiger partial charge >= 0.3 is 6.09 Å². The Morgan fingerprint density at radius 1 is 1.73 bits per heavy atom. The van der Waals surface area contributed by atoms with Gasteiger partial charge in [-0.05, 0) is 13.5 Å². The highest BCUT2D eigenvalue weighted by atomic mass is 35.5. The van der Waals surface area contributed by atoms with Gasteiger partial charge in [0.25, 0.3) is 0 Å². The van der Waals surface area contributed by atoms with Crippen molar-refractivity contribution in [3.63, 3.8) is 0 Å². The van der Waals surface area contributed by atoms with E-state index in [1.165, 1.54) is 0 Å². The van der Waals surface area contributed by atoms with E-state index in [4.69, 9.17) is 10.5 Å². The molecule has 1 aliphatic rings. The van der Waals surface area contributed by atoms with Crippen LogP contribution in [0.3, 0.4) is 0 Å². The summed E-state index contributed by atoms with van der Waals surface area (Å²) in [6.45, 7) is 3.47. The van der Waals surface area contributed by atoms with E-state index in [2.05, 4.69) is 5.32 Å². The van der Waals surface area contributed by atoms with Crippen LogP contribution in [-0.4, -0.2) is 24.8 Å². The Labute approximate surface area is 71.9 Å². The maximum absolute atomic E-state index is 10.3. The van der Waals surface area contributed by atoms with Crippen molar-refractivity contribution in [2.45, 2.75) is 18.9 Å². The first-order chi connectivity index (χ1) is 4.62. The summed E-state index contributed by atoms with van der Waals surface area (Å²) in [4.78, 5) is 10.3. The average Bonchev–Trinajstić information content (AvgIpc) is 2.12. The van der Waals surface area contributed by atoms with Crippen LogP contribution in [0.4, 0.5) is 4.79 Å². The number of amides is 1. The first-order valence-electron chi connectivity index (χ1n) is 3.32. The highest BCUT2D eigenvalue weighted by molar-refractivity contribution is 5.85. The standard InChI is InChI=1S/C6H12N2O2.ClH/c1-6(10-5(7)9)2-3-8-4-6;/h8H,2-4H2,1H3,(H2,7,9);1H. The van der Waals surface area contributed by atoms with Crippen molar-refractivity contribution in [1.29, 1.82) is 0 Å². The predicted octanol–water partition coefficient (Wildman–Crippen LogP) is 0.256. The molecular formula is C6H13ClN2O2. The van der Waals surface area contributed by atoms with Gasteiger partial charge in [0.15, 0.2) is 0 Å². The van der Waals surface area contributed by atoms with Gasteiger partial charge in [-0.25, -0.2) is 4.79 Å². The van der Waals surface area contributed by atoms with Crippen LogP contribution in [-0.2, 0) is 4.74 Å². The fraction of sp³-hybridized carbons (Fsp3) is 0.833. The topological polar surface area (TPSA) is 64.3 Å². The molecule has 0 spiro atoms. The minimum absolute atomic E-state index is 0. The van der Waals surface area contributed by atoms with Gasteiger partial charge in [0.2, 0.25) is 0 Å². The number of carbonyl (C=O) groups excluding carboxylic acids is 1. The van der Waals surface area contributed by atoms with Crippen LogP contribution in [0.5, 0.6) is 0 Å². The zero-order valence-corrected chi connectivity index (χ0v) is 7.24. The van der Waals surface area contributed by atoms with Crippen molar-refractivity contribution in [3.05, 3.63) is 0 Å². The van der Waals surface area contributed by atoms with Crippen LogP contribution in [0.25, 0.3) is 0 Å². The van der Waals surface area contributed by atoms with E-state index in [0.717, 1.165) is 13.0 Å². The number of rotatable bonds is 1. The van der Waals surface area contributed by atoms with E-state index in [1.54, 1.807) is 0 Å². The van der Waals surface area contributed by atoms with E-state index in [-0.39, 0.29) is 18.0 Å². The number of nitrogens with two attached hydrogens (primary N) is 1. The molecular weight excluding hydrogens is 168 g/mol. The maximum Gasteiger partial charge on any atom is 0.405 e. The molecule has 1 atom stereocenters. The highest BCUT2D eigenvalue weighted by Gasteiger charge is 2.31. The molecule has 1 rings (SSSR count). The summed E-state index contributed by atoms with van der Waals surface area (Å²) in [7, 11) is 0. The molecule has 5 heteroatoms. The summed E-state index contributed by atoms with van der Waals surface area (Å²) < 4.78 is 4.88. The molecule has 1 aliphatic heterocycles. The van der Waals surface area contributed by atoms with Gasteiger partial charge in [-0.3, -0.25) is 0 Å².